The maximum atomic E-state index is 8.63. The Kier molecular flexibility index (Phi) is 3.77. The van der Waals surface area contributed by atoms with E-state index in [2.05, 4.69) is 22.7 Å². The van der Waals surface area contributed by atoms with Gasteiger partial charge in [0.2, 0.25) is 0 Å². The van der Waals surface area contributed by atoms with Gasteiger partial charge in [0.05, 0.1) is 5.69 Å². The second kappa shape index (κ2) is 5.08. The van der Waals surface area contributed by atoms with Gasteiger partial charge in [-0.05, 0) is 19.1 Å². The summed E-state index contributed by atoms with van der Waals surface area (Å²) in [6.45, 7) is 1.99. The zero-order chi connectivity index (χ0) is 11.3. The van der Waals surface area contributed by atoms with Crippen LogP contribution < -0.4 is 11.2 Å². The predicted octanol–water partition coefficient (Wildman–Crippen LogP) is 1.57. The fourth-order valence-electron chi connectivity index (χ4n) is 0.884. The Morgan fingerprint density at radius 1 is 1.47 bits per heavy atom. The van der Waals surface area contributed by atoms with E-state index >= 15 is 0 Å². The molecule has 0 radical (unpaired) electrons. The van der Waals surface area contributed by atoms with Gasteiger partial charge >= 0.3 is 0 Å². The number of nitriles is 1. The standard InChI is InChI=1S/C10H10N4S/c1-7-2-4-8(5-3-7)13-14-9(6-11)10(12)15/h2-5,13H,1H3,(H2,12,15)/b14-9-. The molecule has 0 aliphatic carbocycles. The van der Waals surface area contributed by atoms with Crippen LogP contribution in [0.3, 0.4) is 0 Å². The van der Waals surface area contributed by atoms with Crippen LogP contribution in [0.25, 0.3) is 0 Å². The summed E-state index contributed by atoms with van der Waals surface area (Å²) in [5.74, 6) is 0. The van der Waals surface area contributed by atoms with Gasteiger partial charge in [0.25, 0.3) is 0 Å². The largest absolute Gasteiger partial charge is 0.387 e. The minimum atomic E-state index is -0.0166. The van der Waals surface area contributed by atoms with Crippen LogP contribution in [0.2, 0.25) is 0 Å². The number of benzene rings is 1. The molecule has 0 saturated carbocycles. The molecular formula is C10H10N4S. The van der Waals surface area contributed by atoms with Crippen molar-refractivity contribution in [2.75, 3.05) is 5.43 Å². The number of anilines is 1. The highest BCUT2D eigenvalue weighted by Gasteiger charge is 1.99. The maximum Gasteiger partial charge on any atom is 0.194 e. The lowest BCUT2D eigenvalue weighted by Crippen LogP contribution is -2.20. The van der Waals surface area contributed by atoms with E-state index in [0.717, 1.165) is 11.3 Å². The number of nitrogens with two attached hydrogens (primary N) is 1. The summed E-state index contributed by atoms with van der Waals surface area (Å²) >= 11 is 4.64. The summed E-state index contributed by atoms with van der Waals surface area (Å²) in [7, 11) is 0. The van der Waals surface area contributed by atoms with E-state index in [-0.39, 0.29) is 10.7 Å². The Morgan fingerprint density at radius 2 is 2.07 bits per heavy atom. The van der Waals surface area contributed by atoms with Crippen molar-refractivity contribution in [3.8, 4) is 6.07 Å². The fraction of sp³-hybridized carbons (Fsp3) is 0.100. The van der Waals surface area contributed by atoms with Crippen LogP contribution in [0, 0.1) is 18.3 Å². The van der Waals surface area contributed by atoms with E-state index in [1.165, 1.54) is 0 Å². The molecule has 0 amide bonds. The first-order valence-electron chi connectivity index (χ1n) is 4.23. The van der Waals surface area contributed by atoms with Gasteiger partial charge in [-0.25, -0.2) is 0 Å². The van der Waals surface area contributed by atoms with Crippen molar-refractivity contribution in [3.63, 3.8) is 0 Å². The molecule has 0 unspecified atom stereocenters. The second-order valence-corrected chi connectivity index (χ2v) is 3.35. The van der Waals surface area contributed by atoms with Crippen LogP contribution >= 0.6 is 12.2 Å². The second-order valence-electron chi connectivity index (χ2n) is 2.91. The smallest absolute Gasteiger partial charge is 0.194 e. The maximum absolute atomic E-state index is 8.63. The summed E-state index contributed by atoms with van der Waals surface area (Å²) in [5.41, 5.74) is 9.93. The Labute approximate surface area is 93.4 Å². The van der Waals surface area contributed by atoms with Gasteiger partial charge in [-0.2, -0.15) is 10.4 Å². The van der Waals surface area contributed by atoms with Gasteiger partial charge in [-0.15, -0.1) is 0 Å². The molecule has 1 rings (SSSR count). The van der Waals surface area contributed by atoms with Gasteiger partial charge in [-0.3, -0.25) is 5.43 Å². The molecule has 0 fully saturated rings. The van der Waals surface area contributed by atoms with Crippen LogP contribution in [0.4, 0.5) is 5.69 Å². The summed E-state index contributed by atoms with van der Waals surface area (Å²) in [4.78, 5) is -0.0166. The van der Waals surface area contributed by atoms with Crippen molar-refractivity contribution >= 4 is 28.6 Å². The van der Waals surface area contributed by atoms with Crippen LogP contribution in [-0.4, -0.2) is 10.7 Å². The van der Waals surface area contributed by atoms with Gasteiger partial charge < -0.3 is 5.73 Å². The van der Waals surface area contributed by atoms with E-state index in [9.17, 15) is 0 Å². The third-order valence-electron chi connectivity index (χ3n) is 1.69. The van der Waals surface area contributed by atoms with Crippen molar-refractivity contribution < 1.29 is 0 Å². The average Bonchev–Trinajstić information content (AvgIpc) is 2.21. The minimum absolute atomic E-state index is 0.0166. The van der Waals surface area contributed by atoms with Crippen molar-refractivity contribution in [3.05, 3.63) is 29.8 Å². The monoisotopic (exact) mass is 218 g/mol. The molecule has 0 aliphatic rings. The van der Waals surface area contributed by atoms with Crippen LogP contribution in [0.1, 0.15) is 5.56 Å². The Bertz CT molecular complexity index is 428. The van der Waals surface area contributed by atoms with Crippen LogP contribution in [0.5, 0.6) is 0 Å². The summed E-state index contributed by atoms with van der Waals surface area (Å²) < 4.78 is 0. The molecule has 0 spiro atoms. The summed E-state index contributed by atoms with van der Waals surface area (Å²) in [6.07, 6.45) is 0. The quantitative estimate of drug-likeness (QED) is 0.459. The molecule has 15 heavy (non-hydrogen) atoms. The van der Waals surface area contributed by atoms with E-state index in [0.29, 0.717) is 0 Å². The molecule has 3 N–H and O–H groups in total. The Balaban J connectivity index is 2.76. The summed E-state index contributed by atoms with van der Waals surface area (Å²) in [6, 6.07) is 9.38. The molecule has 1 aromatic carbocycles. The Morgan fingerprint density at radius 3 is 2.53 bits per heavy atom. The number of nitrogens with zero attached hydrogens (tertiary/aromatic N) is 2. The zero-order valence-corrected chi connectivity index (χ0v) is 9.01. The normalized spacial score (nSPS) is 10.5. The molecule has 0 heterocycles. The number of rotatable bonds is 3. The highest BCUT2D eigenvalue weighted by molar-refractivity contribution is 7.82. The number of nitrogens with one attached hydrogen (secondary N) is 1. The molecule has 76 valence electrons. The van der Waals surface area contributed by atoms with Crippen LogP contribution in [0.15, 0.2) is 29.4 Å². The third-order valence-corrected chi connectivity index (χ3v) is 1.88. The minimum Gasteiger partial charge on any atom is -0.387 e. The van der Waals surface area contributed by atoms with Crippen molar-refractivity contribution in [2.45, 2.75) is 6.92 Å². The van der Waals surface area contributed by atoms with Crippen LogP contribution in [-0.2, 0) is 0 Å². The van der Waals surface area contributed by atoms with E-state index in [1.807, 2.05) is 31.2 Å². The van der Waals surface area contributed by atoms with Gasteiger partial charge in [0, 0.05) is 0 Å². The Hall–Kier alpha value is -1.93. The molecular weight excluding hydrogens is 208 g/mol. The molecule has 0 bridgehead atoms. The topological polar surface area (TPSA) is 74.2 Å². The number of hydrogen-bond acceptors (Lipinski definition) is 4. The SMILES string of the molecule is Cc1ccc(N/N=C(/C#N)C(N)=S)cc1. The summed E-state index contributed by atoms with van der Waals surface area (Å²) in [5, 5.41) is 12.4. The first kappa shape index (κ1) is 11.1. The highest BCUT2D eigenvalue weighted by atomic mass is 32.1. The first-order valence-corrected chi connectivity index (χ1v) is 4.64. The lowest BCUT2D eigenvalue weighted by atomic mass is 10.2. The van der Waals surface area contributed by atoms with E-state index < -0.39 is 0 Å². The molecule has 0 saturated heterocycles. The fourth-order valence-corrected chi connectivity index (χ4v) is 0.975. The van der Waals surface area contributed by atoms with Crippen molar-refractivity contribution in [2.24, 2.45) is 10.8 Å². The predicted molar refractivity (Wildman–Crippen MR) is 64.6 cm³/mol. The number of hydrazone groups is 1. The highest BCUT2D eigenvalue weighted by Crippen LogP contribution is 2.08. The lowest BCUT2D eigenvalue weighted by Gasteiger charge is -2.00. The van der Waals surface area contributed by atoms with Gasteiger partial charge in [-0.1, -0.05) is 29.9 Å². The number of aryl methyl sites for hydroxylation is 1. The van der Waals surface area contributed by atoms with Crippen molar-refractivity contribution in [1.29, 1.82) is 5.26 Å². The average molecular weight is 218 g/mol. The number of thiocarbonyl (C=S) groups is 1. The van der Waals surface area contributed by atoms with E-state index in [4.69, 9.17) is 11.0 Å². The molecule has 1 aromatic rings. The number of hydrogen-bond donors (Lipinski definition) is 2. The zero-order valence-electron chi connectivity index (χ0n) is 8.19. The molecule has 5 heteroatoms. The van der Waals surface area contributed by atoms with Gasteiger partial charge in [0.1, 0.15) is 11.1 Å². The van der Waals surface area contributed by atoms with E-state index in [1.54, 1.807) is 6.07 Å². The molecule has 0 aliphatic heterocycles. The molecule has 4 nitrogen and oxygen atoms in total. The van der Waals surface area contributed by atoms with Gasteiger partial charge in [0.15, 0.2) is 5.71 Å². The lowest BCUT2D eigenvalue weighted by molar-refractivity contribution is 1.33. The molecule has 0 atom stereocenters. The first-order chi connectivity index (χ1) is 7.13. The van der Waals surface area contributed by atoms with Crippen molar-refractivity contribution in [1.82, 2.24) is 0 Å². The third kappa shape index (κ3) is 3.37. The molecule has 0 aromatic heterocycles.